The van der Waals surface area contributed by atoms with Crippen molar-refractivity contribution in [3.8, 4) is 0 Å². The van der Waals surface area contributed by atoms with Gasteiger partial charge in [-0.25, -0.2) is 14.4 Å². The third-order valence-electron chi connectivity index (χ3n) is 3.16. The number of anilines is 2. The molecule has 0 aliphatic heterocycles. The monoisotopic (exact) mass is 258 g/mol. The van der Waals surface area contributed by atoms with Gasteiger partial charge in [0.1, 0.15) is 0 Å². The standard InChI is InChI=1S/C14H15FN4/c15-11-7-17-14(18-8-11)19(13-4-5-13)9-10-2-1-3-12(16)6-10/h1-3,6-8,13H,4-5,9,16H2. The molecule has 98 valence electrons. The van der Waals surface area contributed by atoms with E-state index < -0.39 is 5.82 Å². The van der Waals surface area contributed by atoms with Crippen molar-refractivity contribution >= 4 is 11.6 Å². The molecule has 0 saturated heterocycles. The maximum absolute atomic E-state index is 12.9. The van der Waals surface area contributed by atoms with Crippen molar-refractivity contribution in [3.05, 3.63) is 48.0 Å². The van der Waals surface area contributed by atoms with E-state index in [4.69, 9.17) is 5.73 Å². The lowest BCUT2D eigenvalue weighted by Crippen LogP contribution is -2.27. The molecule has 0 atom stereocenters. The first kappa shape index (κ1) is 11.9. The van der Waals surface area contributed by atoms with E-state index in [1.807, 2.05) is 24.3 Å². The lowest BCUT2D eigenvalue weighted by atomic mass is 10.2. The predicted octanol–water partition coefficient (Wildman–Crippen LogP) is 2.37. The molecule has 1 heterocycles. The zero-order valence-electron chi connectivity index (χ0n) is 10.5. The van der Waals surface area contributed by atoms with E-state index in [2.05, 4.69) is 14.9 Å². The van der Waals surface area contributed by atoms with Gasteiger partial charge < -0.3 is 10.6 Å². The fourth-order valence-corrected chi connectivity index (χ4v) is 2.09. The lowest BCUT2D eigenvalue weighted by Gasteiger charge is -2.22. The van der Waals surface area contributed by atoms with Crippen LogP contribution in [0.5, 0.6) is 0 Å². The van der Waals surface area contributed by atoms with Crippen molar-refractivity contribution in [1.82, 2.24) is 9.97 Å². The van der Waals surface area contributed by atoms with Crippen LogP contribution in [0.1, 0.15) is 18.4 Å². The van der Waals surface area contributed by atoms with E-state index in [-0.39, 0.29) is 0 Å². The highest BCUT2D eigenvalue weighted by molar-refractivity contribution is 5.43. The molecule has 1 aromatic heterocycles. The van der Waals surface area contributed by atoms with E-state index in [1.165, 1.54) is 12.4 Å². The molecule has 19 heavy (non-hydrogen) atoms. The highest BCUT2D eigenvalue weighted by atomic mass is 19.1. The van der Waals surface area contributed by atoms with E-state index in [1.54, 1.807) is 0 Å². The van der Waals surface area contributed by atoms with Crippen molar-refractivity contribution in [2.75, 3.05) is 10.6 Å². The Morgan fingerprint density at radius 3 is 2.63 bits per heavy atom. The molecule has 2 N–H and O–H groups in total. The van der Waals surface area contributed by atoms with Gasteiger partial charge in [0.2, 0.25) is 5.95 Å². The molecule has 5 heteroatoms. The number of nitrogens with zero attached hydrogens (tertiary/aromatic N) is 3. The fraction of sp³-hybridized carbons (Fsp3) is 0.286. The molecule has 0 spiro atoms. The topological polar surface area (TPSA) is 55.0 Å². The molecule has 4 nitrogen and oxygen atoms in total. The molecule has 1 fully saturated rings. The first-order chi connectivity index (χ1) is 9.22. The van der Waals surface area contributed by atoms with Crippen molar-refractivity contribution in [2.45, 2.75) is 25.4 Å². The molecule has 1 aliphatic carbocycles. The summed E-state index contributed by atoms with van der Waals surface area (Å²) in [7, 11) is 0. The molecule has 0 amide bonds. The summed E-state index contributed by atoms with van der Waals surface area (Å²) in [4.78, 5) is 10.2. The second-order valence-electron chi connectivity index (χ2n) is 4.81. The Hall–Kier alpha value is -2.17. The van der Waals surface area contributed by atoms with Gasteiger partial charge in [0.15, 0.2) is 5.82 Å². The summed E-state index contributed by atoms with van der Waals surface area (Å²) in [5.41, 5.74) is 7.64. The van der Waals surface area contributed by atoms with Crippen molar-refractivity contribution in [3.63, 3.8) is 0 Å². The van der Waals surface area contributed by atoms with Crippen LogP contribution in [0.15, 0.2) is 36.7 Å². The normalized spacial score (nSPS) is 14.4. The minimum atomic E-state index is -0.413. The van der Waals surface area contributed by atoms with Gasteiger partial charge in [0.25, 0.3) is 0 Å². The number of hydrogen-bond acceptors (Lipinski definition) is 4. The van der Waals surface area contributed by atoms with Crippen LogP contribution in [-0.4, -0.2) is 16.0 Å². The molecular weight excluding hydrogens is 243 g/mol. The third-order valence-corrected chi connectivity index (χ3v) is 3.16. The summed E-state index contributed by atoms with van der Waals surface area (Å²) < 4.78 is 12.9. The first-order valence-electron chi connectivity index (χ1n) is 6.31. The smallest absolute Gasteiger partial charge is 0.225 e. The van der Waals surface area contributed by atoms with Crippen LogP contribution in [0.25, 0.3) is 0 Å². The highest BCUT2D eigenvalue weighted by Crippen LogP contribution is 2.31. The average molecular weight is 258 g/mol. The summed E-state index contributed by atoms with van der Waals surface area (Å²) in [5, 5.41) is 0. The van der Waals surface area contributed by atoms with Crippen molar-refractivity contribution in [1.29, 1.82) is 0 Å². The maximum Gasteiger partial charge on any atom is 0.225 e. The summed E-state index contributed by atoms with van der Waals surface area (Å²) in [6.07, 6.45) is 4.67. The predicted molar refractivity (Wildman–Crippen MR) is 72.0 cm³/mol. The van der Waals surface area contributed by atoms with Crippen molar-refractivity contribution in [2.24, 2.45) is 0 Å². The average Bonchev–Trinajstić information content (AvgIpc) is 3.22. The van der Waals surface area contributed by atoms with Crippen LogP contribution >= 0.6 is 0 Å². The van der Waals surface area contributed by atoms with Gasteiger partial charge >= 0.3 is 0 Å². The largest absolute Gasteiger partial charge is 0.399 e. The first-order valence-corrected chi connectivity index (χ1v) is 6.31. The second-order valence-corrected chi connectivity index (χ2v) is 4.81. The molecule has 0 unspecified atom stereocenters. The Balaban J connectivity index is 1.83. The number of rotatable bonds is 4. The second kappa shape index (κ2) is 4.84. The van der Waals surface area contributed by atoms with Gasteiger partial charge in [-0.1, -0.05) is 12.1 Å². The molecule has 1 saturated carbocycles. The third kappa shape index (κ3) is 2.81. The number of aromatic nitrogens is 2. The van der Waals surface area contributed by atoms with Gasteiger partial charge in [-0.3, -0.25) is 0 Å². The van der Waals surface area contributed by atoms with Crippen LogP contribution in [0.4, 0.5) is 16.0 Å². The molecule has 2 aromatic rings. The summed E-state index contributed by atoms with van der Waals surface area (Å²) in [6.45, 7) is 0.696. The Morgan fingerprint density at radius 1 is 1.26 bits per heavy atom. The number of nitrogens with two attached hydrogens (primary N) is 1. The SMILES string of the molecule is Nc1cccc(CN(c2ncc(F)cn2)C2CC2)c1. The van der Waals surface area contributed by atoms with Gasteiger partial charge in [0, 0.05) is 18.3 Å². The van der Waals surface area contributed by atoms with E-state index in [9.17, 15) is 4.39 Å². The van der Waals surface area contributed by atoms with Gasteiger partial charge in [-0.2, -0.15) is 0 Å². The minimum absolute atomic E-state index is 0.413. The number of benzene rings is 1. The number of halogens is 1. The zero-order valence-corrected chi connectivity index (χ0v) is 10.5. The van der Waals surface area contributed by atoms with Crippen molar-refractivity contribution < 1.29 is 4.39 Å². The maximum atomic E-state index is 12.9. The molecule has 1 aromatic carbocycles. The lowest BCUT2D eigenvalue weighted by molar-refractivity contribution is 0.610. The van der Waals surface area contributed by atoms with E-state index in [0.29, 0.717) is 18.5 Å². The highest BCUT2D eigenvalue weighted by Gasteiger charge is 2.30. The van der Waals surface area contributed by atoms with E-state index >= 15 is 0 Å². The number of nitrogen functional groups attached to an aromatic ring is 1. The molecule has 1 aliphatic rings. The quantitative estimate of drug-likeness (QED) is 0.855. The van der Waals surface area contributed by atoms with Crippen LogP contribution in [-0.2, 0) is 6.54 Å². The van der Waals surface area contributed by atoms with Crippen LogP contribution in [0.3, 0.4) is 0 Å². The van der Waals surface area contributed by atoms with E-state index in [0.717, 1.165) is 24.1 Å². The van der Waals surface area contributed by atoms with Gasteiger partial charge in [-0.15, -0.1) is 0 Å². The van der Waals surface area contributed by atoms with Gasteiger partial charge in [0.05, 0.1) is 12.4 Å². The minimum Gasteiger partial charge on any atom is -0.399 e. The van der Waals surface area contributed by atoms with Crippen LogP contribution in [0.2, 0.25) is 0 Å². The summed E-state index contributed by atoms with van der Waals surface area (Å²) in [5.74, 6) is 0.162. The zero-order chi connectivity index (χ0) is 13.2. The van der Waals surface area contributed by atoms with Crippen LogP contribution < -0.4 is 10.6 Å². The molecule has 0 bridgehead atoms. The Morgan fingerprint density at radius 2 is 2.00 bits per heavy atom. The van der Waals surface area contributed by atoms with Gasteiger partial charge in [-0.05, 0) is 30.5 Å². The Labute approximate surface area is 111 Å². The fourth-order valence-electron chi connectivity index (χ4n) is 2.09. The summed E-state index contributed by atoms with van der Waals surface area (Å²) in [6, 6.07) is 8.21. The van der Waals surface area contributed by atoms with Crippen LogP contribution in [0, 0.1) is 5.82 Å². The summed E-state index contributed by atoms with van der Waals surface area (Å²) >= 11 is 0. The molecule has 3 rings (SSSR count). The Kier molecular flexibility index (Phi) is 3.03. The molecule has 0 radical (unpaired) electrons. The Bertz CT molecular complexity index is 566. The number of hydrogen-bond donors (Lipinski definition) is 1. The molecular formula is C14H15FN4.